The van der Waals surface area contributed by atoms with Crippen molar-refractivity contribution in [3.8, 4) is 0 Å². The Labute approximate surface area is 77.6 Å². The maximum absolute atomic E-state index is 10.1. The molecule has 1 saturated carbocycles. The highest BCUT2D eigenvalue weighted by Gasteiger charge is 2.16. The molecule has 74 valence electrons. The van der Waals surface area contributed by atoms with E-state index in [1.807, 2.05) is 0 Å². The van der Waals surface area contributed by atoms with E-state index in [1.54, 1.807) is 0 Å². The minimum Gasteiger partial charge on any atom is -0.479 e. The van der Waals surface area contributed by atoms with E-state index >= 15 is 0 Å². The Morgan fingerprint density at radius 3 is 3.08 bits per heavy atom. The molecule has 0 aromatic carbocycles. The van der Waals surface area contributed by atoms with Gasteiger partial charge in [0.25, 0.3) is 0 Å². The van der Waals surface area contributed by atoms with Crippen molar-refractivity contribution in [3.05, 3.63) is 0 Å². The molecule has 0 saturated heterocycles. The summed E-state index contributed by atoms with van der Waals surface area (Å²) >= 11 is 0. The van der Waals surface area contributed by atoms with Crippen LogP contribution in [-0.2, 0) is 9.63 Å². The summed E-state index contributed by atoms with van der Waals surface area (Å²) in [6.07, 6.45) is 4.45. The number of nitrogens with zero attached hydrogens (tertiary/aromatic N) is 1. The number of carboxylic acids is 1. The summed E-state index contributed by atoms with van der Waals surface area (Å²) in [5.74, 6) is -0.532. The van der Waals surface area contributed by atoms with E-state index in [2.05, 4.69) is 12.1 Å². The highest BCUT2D eigenvalue weighted by atomic mass is 16.6. The summed E-state index contributed by atoms with van der Waals surface area (Å²) in [6.45, 7) is 1.76. The first kappa shape index (κ1) is 10.0. The Hall–Kier alpha value is -1.06. The summed E-state index contributed by atoms with van der Waals surface area (Å²) in [5, 5.41) is 12.2. The molecule has 0 aromatic heterocycles. The Bertz CT molecular complexity index is 213. The largest absolute Gasteiger partial charge is 0.479 e. The maximum Gasteiger partial charge on any atom is 0.344 e. The van der Waals surface area contributed by atoms with Crippen LogP contribution in [0.4, 0.5) is 0 Å². The van der Waals surface area contributed by atoms with E-state index in [-0.39, 0.29) is 6.61 Å². The molecule has 0 aromatic rings. The van der Waals surface area contributed by atoms with Crippen molar-refractivity contribution >= 4 is 11.7 Å². The van der Waals surface area contributed by atoms with Crippen LogP contribution in [0.5, 0.6) is 0 Å². The Morgan fingerprint density at radius 2 is 2.46 bits per heavy atom. The maximum atomic E-state index is 10.1. The second-order valence-electron chi connectivity index (χ2n) is 3.40. The first-order valence-corrected chi connectivity index (χ1v) is 4.60. The standard InChI is InChI=1S/C9H15NO3/c1-7-4-2-3-5-8(7)10-13-6-9(11)12/h7H,2-6H2,1H3,(H,11,12)/b10-8+. The van der Waals surface area contributed by atoms with Crippen molar-refractivity contribution in [3.63, 3.8) is 0 Å². The monoisotopic (exact) mass is 185 g/mol. The van der Waals surface area contributed by atoms with Crippen LogP contribution in [0, 0.1) is 5.92 Å². The van der Waals surface area contributed by atoms with Crippen molar-refractivity contribution in [2.24, 2.45) is 11.1 Å². The summed E-state index contributed by atoms with van der Waals surface area (Å²) in [4.78, 5) is 14.8. The molecule has 4 nitrogen and oxygen atoms in total. The summed E-state index contributed by atoms with van der Waals surface area (Å²) in [6, 6.07) is 0. The van der Waals surface area contributed by atoms with Gasteiger partial charge in [0.05, 0.1) is 5.71 Å². The molecule has 0 spiro atoms. The molecule has 13 heavy (non-hydrogen) atoms. The number of hydrogen-bond acceptors (Lipinski definition) is 3. The van der Waals surface area contributed by atoms with Gasteiger partial charge in [0.2, 0.25) is 6.61 Å². The van der Waals surface area contributed by atoms with Crippen LogP contribution in [0.1, 0.15) is 32.6 Å². The number of hydrogen-bond donors (Lipinski definition) is 1. The van der Waals surface area contributed by atoms with Gasteiger partial charge in [-0.1, -0.05) is 18.5 Å². The molecule has 0 heterocycles. The first-order chi connectivity index (χ1) is 6.20. The van der Waals surface area contributed by atoms with Gasteiger partial charge in [-0.3, -0.25) is 0 Å². The van der Waals surface area contributed by atoms with Crippen molar-refractivity contribution in [2.45, 2.75) is 32.6 Å². The molecular formula is C9H15NO3. The Morgan fingerprint density at radius 1 is 1.69 bits per heavy atom. The van der Waals surface area contributed by atoms with E-state index in [9.17, 15) is 4.79 Å². The van der Waals surface area contributed by atoms with Gasteiger partial charge in [-0.15, -0.1) is 0 Å². The van der Waals surface area contributed by atoms with Crippen LogP contribution in [-0.4, -0.2) is 23.4 Å². The molecule has 1 aliphatic rings. The van der Waals surface area contributed by atoms with E-state index < -0.39 is 5.97 Å². The number of carboxylic acid groups (broad SMARTS) is 1. The fraction of sp³-hybridized carbons (Fsp3) is 0.778. The van der Waals surface area contributed by atoms with Gasteiger partial charge in [0.1, 0.15) is 0 Å². The zero-order valence-corrected chi connectivity index (χ0v) is 7.82. The van der Waals surface area contributed by atoms with Crippen molar-refractivity contribution in [2.75, 3.05) is 6.61 Å². The number of aliphatic carboxylic acids is 1. The van der Waals surface area contributed by atoms with Crippen LogP contribution in [0.15, 0.2) is 5.16 Å². The summed E-state index contributed by atoms with van der Waals surface area (Å²) < 4.78 is 0. The van der Waals surface area contributed by atoms with Crippen LogP contribution >= 0.6 is 0 Å². The fourth-order valence-electron chi connectivity index (χ4n) is 1.48. The second-order valence-corrected chi connectivity index (χ2v) is 3.40. The third-order valence-electron chi connectivity index (χ3n) is 2.26. The van der Waals surface area contributed by atoms with Crippen LogP contribution in [0.25, 0.3) is 0 Å². The molecule has 1 atom stereocenters. The zero-order valence-electron chi connectivity index (χ0n) is 7.82. The molecule has 1 fully saturated rings. The second kappa shape index (κ2) is 4.84. The van der Waals surface area contributed by atoms with Crippen LogP contribution in [0.3, 0.4) is 0 Å². The third-order valence-corrected chi connectivity index (χ3v) is 2.26. The third kappa shape index (κ3) is 3.44. The number of carbonyl (C=O) groups is 1. The van der Waals surface area contributed by atoms with Crippen molar-refractivity contribution < 1.29 is 14.7 Å². The lowest BCUT2D eigenvalue weighted by atomic mass is 9.89. The number of oxime groups is 1. The molecular weight excluding hydrogens is 170 g/mol. The molecule has 0 amide bonds. The molecule has 0 aliphatic heterocycles. The van der Waals surface area contributed by atoms with E-state index in [4.69, 9.17) is 9.94 Å². The Kier molecular flexibility index (Phi) is 3.73. The van der Waals surface area contributed by atoms with E-state index in [1.165, 1.54) is 6.42 Å². The predicted octanol–water partition coefficient (Wildman–Crippen LogP) is 1.65. The predicted molar refractivity (Wildman–Crippen MR) is 48.7 cm³/mol. The quantitative estimate of drug-likeness (QED) is 0.680. The van der Waals surface area contributed by atoms with Gasteiger partial charge >= 0.3 is 5.97 Å². The van der Waals surface area contributed by atoms with Gasteiger partial charge < -0.3 is 9.94 Å². The van der Waals surface area contributed by atoms with Gasteiger partial charge in [0.15, 0.2) is 0 Å². The van der Waals surface area contributed by atoms with E-state index in [0.717, 1.165) is 25.0 Å². The smallest absolute Gasteiger partial charge is 0.344 e. The lowest BCUT2D eigenvalue weighted by molar-refractivity contribution is -0.142. The van der Waals surface area contributed by atoms with E-state index in [0.29, 0.717) is 5.92 Å². The number of rotatable bonds is 3. The van der Waals surface area contributed by atoms with Crippen molar-refractivity contribution in [1.29, 1.82) is 0 Å². The average Bonchev–Trinajstić information content (AvgIpc) is 2.08. The fourth-order valence-corrected chi connectivity index (χ4v) is 1.48. The Balaban J connectivity index is 2.35. The highest BCUT2D eigenvalue weighted by Crippen LogP contribution is 2.20. The lowest BCUT2D eigenvalue weighted by Gasteiger charge is -2.18. The first-order valence-electron chi connectivity index (χ1n) is 4.60. The minimum absolute atomic E-state index is 0.337. The average molecular weight is 185 g/mol. The molecule has 1 N–H and O–H groups in total. The lowest BCUT2D eigenvalue weighted by Crippen LogP contribution is -2.17. The summed E-state index contributed by atoms with van der Waals surface area (Å²) in [7, 11) is 0. The zero-order chi connectivity index (χ0) is 9.68. The molecule has 1 aliphatic carbocycles. The van der Waals surface area contributed by atoms with Gasteiger partial charge in [-0.2, -0.15) is 0 Å². The normalized spacial score (nSPS) is 25.9. The molecule has 4 heteroatoms. The van der Waals surface area contributed by atoms with Gasteiger partial charge in [-0.05, 0) is 25.2 Å². The topological polar surface area (TPSA) is 58.9 Å². The minimum atomic E-state index is -0.979. The SMILES string of the molecule is CC1CCCC/C1=N\OCC(=O)O. The highest BCUT2D eigenvalue weighted by molar-refractivity contribution is 5.86. The van der Waals surface area contributed by atoms with Gasteiger partial charge in [0, 0.05) is 0 Å². The van der Waals surface area contributed by atoms with Crippen molar-refractivity contribution in [1.82, 2.24) is 0 Å². The van der Waals surface area contributed by atoms with Gasteiger partial charge in [-0.25, -0.2) is 4.79 Å². The molecule has 0 bridgehead atoms. The molecule has 1 rings (SSSR count). The molecule has 1 unspecified atom stereocenters. The summed E-state index contributed by atoms with van der Waals surface area (Å²) in [5.41, 5.74) is 1.01. The van der Waals surface area contributed by atoms with Crippen LogP contribution < -0.4 is 0 Å². The van der Waals surface area contributed by atoms with Crippen LogP contribution in [0.2, 0.25) is 0 Å². The molecule has 0 radical (unpaired) electrons.